The number of nitrogens with one attached hydrogen (secondary N) is 1. The number of hydrogen-bond donors (Lipinski definition) is 2. The minimum absolute atomic E-state index is 0.0801. The van der Waals surface area contributed by atoms with Gasteiger partial charge in [0.15, 0.2) is 11.6 Å². The van der Waals surface area contributed by atoms with Gasteiger partial charge in [0.2, 0.25) is 0 Å². The number of halogens is 2. The van der Waals surface area contributed by atoms with Crippen LogP contribution < -0.4 is 10.2 Å². The number of phenols is 1. The van der Waals surface area contributed by atoms with Crippen LogP contribution in [0.3, 0.4) is 0 Å². The standard InChI is InChI=1S/C19H16Br2N4O2/c1-11-7-17(25-22-10-12-3-5-14(27-2)6-4-12)24-19(23-11)15-8-13(20)9-16(21)18(15)26/h3-10,26H,1-2H3,(H,23,24,25)/b22-10+. The first-order chi connectivity index (χ1) is 13.0. The van der Waals surface area contributed by atoms with E-state index in [0.717, 1.165) is 21.5 Å². The Kier molecular flexibility index (Phi) is 6.08. The lowest BCUT2D eigenvalue weighted by Gasteiger charge is -2.09. The first-order valence-electron chi connectivity index (χ1n) is 7.93. The monoisotopic (exact) mass is 490 g/mol. The van der Waals surface area contributed by atoms with E-state index in [0.29, 0.717) is 21.7 Å². The minimum atomic E-state index is 0.0801. The maximum absolute atomic E-state index is 10.3. The highest BCUT2D eigenvalue weighted by molar-refractivity contribution is 9.11. The molecule has 1 aromatic heterocycles. The molecule has 0 radical (unpaired) electrons. The van der Waals surface area contributed by atoms with Crippen LogP contribution in [0.15, 0.2) is 56.5 Å². The lowest BCUT2D eigenvalue weighted by Crippen LogP contribution is -1.99. The molecule has 0 aliphatic rings. The predicted octanol–water partition coefficient (Wildman–Crippen LogP) is 5.14. The summed E-state index contributed by atoms with van der Waals surface area (Å²) in [6, 6.07) is 12.8. The van der Waals surface area contributed by atoms with E-state index in [-0.39, 0.29) is 5.75 Å². The van der Waals surface area contributed by atoms with Gasteiger partial charge >= 0.3 is 0 Å². The van der Waals surface area contributed by atoms with Crippen molar-refractivity contribution < 1.29 is 9.84 Å². The van der Waals surface area contributed by atoms with E-state index in [1.165, 1.54) is 0 Å². The number of ether oxygens (including phenoxy) is 1. The smallest absolute Gasteiger partial charge is 0.165 e. The average molecular weight is 492 g/mol. The summed E-state index contributed by atoms with van der Waals surface area (Å²) in [6.07, 6.45) is 1.68. The summed E-state index contributed by atoms with van der Waals surface area (Å²) in [5.41, 5.74) is 5.09. The number of nitrogens with zero attached hydrogens (tertiary/aromatic N) is 3. The van der Waals surface area contributed by atoms with Crippen molar-refractivity contribution >= 4 is 43.9 Å². The molecule has 0 aliphatic carbocycles. The molecule has 0 unspecified atom stereocenters. The van der Waals surface area contributed by atoms with Crippen molar-refractivity contribution in [1.82, 2.24) is 9.97 Å². The number of hydrazone groups is 1. The molecular formula is C19H16Br2N4O2. The first kappa shape index (κ1) is 19.3. The molecule has 0 amide bonds. The van der Waals surface area contributed by atoms with Gasteiger partial charge in [0.25, 0.3) is 0 Å². The van der Waals surface area contributed by atoms with Gasteiger partial charge in [-0.15, -0.1) is 0 Å². The average Bonchev–Trinajstić information content (AvgIpc) is 2.65. The molecule has 0 fully saturated rings. The predicted molar refractivity (Wildman–Crippen MR) is 113 cm³/mol. The highest BCUT2D eigenvalue weighted by atomic mass is 79.9. The van der Waals surface area contributed by atoms with Crippen molar-refractivity contribution in [2.45, 2.75) is 6.92 Å². The van der Waals surface area contributed by atoms with Gasteiger partial charge in [-0.2, -0.15) is 5.10 Å². The van der Waals surface area contributed by atoms with Gasteiger partial charge in [-0.05, 0) is 64.8 Å². The van der Waals surface area contributed by atoms with Crippen molar-refractivity contribution in [3.05, 3.63) is 62.7 Å². The number of aromatic nitrogens is 2. The fourth-order valence-electron chi connectivity index (χ4n) is 2.35. The molecule has 3 aromatic rings. The molecule has 2 N–H and O–H groups in total. The SMILES string of the molecule is COc1ccc(/C=N/Nc2cc(C)nc(-c3cc(Br)cc(Br)c3O)n2)cc1. The van der Waals surface area contributed by atoms with Crippen molar-refractivity contribution in [3.8, 4) is 22.9 Å². The van der Waals surface area contributed by atoms with Crippen LogP contribution in [0.25, 0.3) is 11.4 Å². The van der Waals surface area contributed by atoms with Crippen molar-refractivity contribution in [2.75, 3.05) is 12.5 Å². The van der Waals surface area contributed by atoms with E-state index in [9.17, 15) is 5.11 Å². The third kappa shape index (κ3) is 4.84. The van der Waals surface area contributed by atoms with E-state index >= 15 is 0 Å². The van der Waals surface area contributed by atoms with E-state index < -0.39 is 0 Å². The summed E-state index contributed by atoms with van der Waals surface area (Å²) in [6.45, 7) is 1.85. The van der Waals surface area contributed by atoms with Gasteiger partial charge in [-0.3, -0.25) is 5.43 Å². The van der Waals surface area contributed by atoms with Gasteiger partial charge in [-0.25, -0.2) is 9.97 Å². The number of benzene rings is 2. The summed E-state index contributed by atoms with van der Waals surface area (Å²) < 4.78 is 6.50. The van der Waals surface area contributed by atoms with Crippen molar-refractivity contribution in [1.29, 1.82) is 0 Å². The Labute approximate surface area is 173 Å². The molecule has 6 nitrogen and oxygen atoms in total. The molecule has 0 aliphatic heterocycles. The van der Waals surface area contributed by atoms with Crippen LogP contribution in [0.5, 0.6) is 11.5 Å². The summed E-state index contributed by atoms with van der Waals surface area (Å²) in [7, 11) is 1.63. The van der Waals surface area contributed by atoms with E-state index in [1.807, 2.05) is 31.2 Å². The van der Waals surface area contributed by atoms with E-state index in [1.54, 1.807) is 31.5 Å². The molecule has 0 bridgehead atoms. The maximum Gasteiger partial charge on any atom is 0.165 e. The second kappa shape index (κ2) is 8.49. The second-order valence-electron chi connectivity index (χ2n) is 5.65. The Morgan fingerprint density at radius 2 is 1.85 bits per heavy atom. The fourth-order valence-corrected chi connectivity index (χ4v) is 3.57. The molecule has 0 spiro atoms. The minimum Gasteiger partial charge on any atom is -0.506 e. The zero-order chi connectivity index (χ0) is 19.4. The number of methoxy groups -OCH3 is 1. The Bertz CT molecular complexity index is 992. The van der Waals surface area contributed by atoms with Gasteiger partial charge in [-0.1, -0.05) is 15.9 Å². The summed E-state index contributed by atoms with van der Waals surface area (Å²) in [5.74, 6) is 1.79. The third-order valence-electron chi connectivity index (χ3n) is 3.63. The second-order valence-corrected chi connectivity index (χ2v) is 7.42. The number of rotatable bonds is 5. The van der Waals surface area contributed by atoms with Crippen LogP contribution in [0, 0.1) is 6.92 Å². The molecule has 8 heteroatoms. The molecule has 3 rings (SSSR count). The highest BCUT2D eigenvalue weighted by Crippen LogP contribution is 2.37. The summed E-state index contributed by atoms with van der Waals surface area (Å²) >= 11 is 6.74. The summed E-state index contributed by atoms with van der Waals surface area (Å²) in [4.78, 5) is 8.86. The maximum atomic E-state index is 10.3. The largest absolute Gasteiger partial charge is 0.506 e. The Morgan fingerprint density at radius 1 is 1.11 bits per heavy atom. The fraction of sp³-hybridized carbons (Fsp3) is 0.105. The highest BCUT2D eigenvalue weighted by Gasteiger charge is 2.13. The van der Waals surface area contributed by atoms with Crippen LogP contribution in [0.1, 0.15) is 11.3 Å². The van der Waals surface area contributed by atoms with Gasteiger partial charge in [0.1, 0.15) is 11.5 Å². The molecule has 138 valence electrons. The van der Waals surface area contributed by atoms with Gasteiger partial charge in [0, 0.05) is 16.2 Å². The topological polar surface area (TPSA) is 79.6 Å². The van der Waals surface area contributed by atoms with Crippen LogP contribution >= 0.6 is 31.9 Å². The number of aromatic hydroxyl groups is 1. The van der Waals surface area contributed by atoms with Crippen LogP contribution in [0.4, 0.5) is 5.82 Å². The van der Waals surface area contributed by atoms with E-state index in [2.05, 4.69) is 52.4 Å². The van der Waals surface area contributed by atoms with Crippen molar-refractivity contribution in [2.24, 2.45) is 5.10 Å². The molecule has 0 atom stereocenters. The Hall–Kier alpha value is -2.45. The lowest BCUT2D eigenvalue weighted by molar-refractivity contribution is 0.415. The zero-order valence-electron chi connectivity index (χ0n) is 14.6. The van der Waals surface area contributed by atoms with Gasteiger partial charge < -0.3 is 9.84 Å². The molecule has 0 saturated carbocycles. The molecule has 2 aromatic carbocycles. The third-order valence-corrected chi connectivity index (χ3v) is 4.69. The normalized spacial score (nSPS) is 11.0. The zero-order valence-corrected chi connectivity index (χ0v) is 17.7. The summed E-state index contributed by atoms with van der Waals surface area (Å²) in [5, 5.41) is 14.5. The van der Waals surface area contributed by atoms with Crippen molar-refractivity contribution in [3.63, 3.8) is 0 Å². The first-order valence-corrected chi connectivity index (χ1v) is 9.52. The van der Waals surface area contributed by atoms with Crippen LogP contribution in [-0.4, -0.2) is 28.4 Å². The number of aryl methyl sites for hydroxylation is 1. The molecule has 0 saturated heterocycles. The lowest BCUT2D eigenvalue weighted by atomic mass is 10.2. The number of anilines is 1. The number of hydrogen-bond acceptors (Lipinski definition) is 6. The van der Waals surface area contributed by atoms with Crippen LogP contribution in [0.2, 0.25) is 0 Å². The van der Waals surface area contributed by atoms with Crippen LogP contribution in [-0.2, 0) is 0 Å². The number of phenolic OH excluding ortho intramolecular Hbond substituents is 1. The Balaban J connectivity index is 1.84. The molecule has 27 heavy (non-hydrogen) atoms. The molecular weight excluding hydrogens is 476 g/mol. The quantitative estimate of drug-likeness (QED) is 0.381. The Morgan fingerprint density at radius 3 is 2.56 bits per heavy atom. The van der Waals surface area contributed by atoms with E-state index in [4.69, 9.17) is 4.74 Å². The molecule has 1 heterocycles. The van der Waals surface area contributed by atoms with Gasteiger partial charge in [0.05, 0.1) is 23.4 Å².